The van der Waals surface area contributed by atoms with E-state index in [4.69, 9.17) is 0 Å². The first-order valence-electron chi connectivity index (χ1n) is 4.25. The maximum Gasteiger partial charge on any atom is 0.212 e. The molecule has 1 rings (SSSR count). The third-order valence-corrected chi connectivity index (χ3v) is 2.36. The average molecular weight is 206 g/mol. The smallest absolute Gasteiger partial charge is 0.212 e. The Morgan fingerprint density at radius 3 is 1.69 bits per heavy atom. The highest BCUT2D eigenvalue weighted by Gasteiger charge is 2.53. The van der Waals surface area contributed by atoms with E-state index in [2.05, 4.69) is 0 Å². The number of rotatable bonds is 0. The lowest BCUT2D eigenvalue weighted by Gasteiger charge is -2.30. The molecule has 0 unspecified atom stereocenters. The summed E-state index contributed by atoms with van der Waals surface area (Å²) >= 11 is 0. The van der Waals surface area contributed by atoms with Gasteiger partial charge in [-0.05, 0) is 0 Å². The highest BCUT2D eigenvalue weighted by molar-refractivity contribution is 5.80. The summed E-state index contributed by atoms with van der Waals surface area (Å²) in [5.41, 5.74) is -1.06. The van der Waals surface area contributed by atoms with Crippen LogP contribution in [0.1, 0.15) is 40.5 Å². The summed E-state index contributed by atoms with van der Waals surface area (Å²) in [6, 6.07) is 0. The van der Waals surface area contributed by atoms with Crippen LogP contribution in [-0.2, 0) is 4.79 Å². The molecule has 4 heteroatoms. The molecule has 0 aromatic carbocycles. The van der Waals surface area contributed by atoms with E-state index in [0.717, 1.165) is 4.76 Å². The molecule has 0 saturated carbocycles. The van der Waals surface area contributed by atoms with Crippen molar-refractivity contribution in [3.05, 3.63) is 4.91 Å². The molecule has 0 aliphatic carbocycles. The largest absolute Gasteiger partial charge is 1.00 e. The van der Waals surface area contributed by atoms with Crippen LogP contribution >= 0.6 is 0 Å². The second kappa shape index (κ2) is 3.37. The van der Waals surface area contributed by atoms with Crippen molar-refractivity contribution < 1.29 is 22.0 Å². The predicted octanol–water partition coefficient (Wildman–Crippen LogP) is -1.31. The number of piperidine rings is 1. The van der Waals surface area contributed by atoms with Crippen molar-refractivity contribution in [3.63, 3.8) is 0 Å². The number of hydrogen-bond donors (Lipinski definition) is 0. The monoisotopic (exact) mass is 205 g/mol. The third-order valence-electron chi connectivity index (χ3n) is 2.36. The first-order chi connectivity index (χ1) is 5.26. The molecule has 0 spiro atoms. The van der Waals surface area contributed by atoms with Gasteiger partial charge in [0.2, 0.25) is 11.1 Å². The number of nitroso groups, excluding NO2 is 1. The Balaban J connectivity index is 0.00000144. The van der Waals surface area contributed by atoms with Gasteiger partial charge in [0.1, 0.15) is 5.78 Å². The lowest BCUT2D eigenvalue weighted by atomic mass is 9.82. The predicted molar refractivity (Wildman–Crippen MR) is 46.0 cm³/mol. The Bertz CT molecular complexity index is 224. The molecule has 0 amide bonds. The molecule has 0 N–H and O–H groups in total. The first kappa shape index (κ1) is 12.6. The summed E-state index contributed by atoms with van der Waals surface area (Å²) < 4.78 is 1.06. The summed E-state index contributed by atoms with van der Waals surface area (Å²) in [6.45, 7) is 7.27. The van der Waals surface area contributed by atoms with Crippen molar-refractivity contribution in [3.8, 4) is 0 Å². The second-order valence-electron chi connectivity index (χ2n) is 4.81. The Hall–Kier alpha value is -0.440. The molecule has 76 valence electrons. The molecular weight excluding hydrogens is 190 g/mol. The molecule has 0 atom stereocenters. The van der Waals surface area contributed by atoms with Crippen molar-refractivity contribution in [2.75, 3.05) is 0 Å². The molecule has 0 bridgehead atoms. The zero-order chi connectivity index (χ0) is 9.57. The number of Topliss-reactive ketones (excluding diaryl/α,β-unsaturated/α-hetero) is 1. The third kappa shape index (κ3) is 2.27. The summed E-state index contributed by atoms with van der Waals surface area (Å²) in [4.78, 5) is 23.0. The van der Waals surface area contributed by atoms with E-state index < -0.39 is 11.1 Å². The molecule has 1 aliphatic rings. The van der Waals surface area contributed by atoms with Gasteiger partial charge in [-0.25, -0.2) is 0 Å². The maximum atomic E-state index is 11.7. The van der Waals surface area contributed by atoms with E-state index in [1.807, 2.05) is 27.7 Å². The van der Waals surface area contributed by atoms with Crippen LogP contribution in [0.4, 0.5) is 0 Å². The maximum absolute atomic E-state index is 11.7. The molecule has 1 fully saturated rings. The van der Waals surface area contributed by atoms with E-state index in [1.54, 1.807) is 0 Å². The quantitative estimate of drug-likeness (QED) is 0.461. The Morgan fingerprint density at radius 1 is 1.08 bits per heavy atom. The van der Waals surface area contributed by atoms with Crippen LogP contribution < -0.4 is 12.4 Å². The lowest BCUT2D eigenvalue weighted by molar-refractivity contribution is -0.685. The van der Waals surface area contributed by atoms with Crippen molar-refractivity contribution in [2.24, 2.45) is 0 Å². The topological polar surface area (TPSA) is 37.1 Å². The standard InChI is InChI=1S/C9H16NO2.ClH/c1-8(2)5-7(11)6-9(3,4)10(8)12;/h5-6H2,1-4H3;1H/q+1;/p-1. The van der Waals surface area contributed by atoms with Gasteiger partial charge in [-0.15, -0.1) is 0 Å². The lowest BCUT2D eigenvalue weighted by Crippen LogP contribution is -3.00. The van der Waals surface area contributed by atoms with Crippen LogP contribution in [0.25, 0.3) is 0 Å². The van der Waals surface area contributed by atoms with Crippen LogP contribution in [0.15, 0.2) is 0 Å². The van der Waals surface area contributed by atoms with Crippen LogP contribution in [0, 0.1) is 4.91 Å². The minimum Gasteiger partial charge on any atom is -1.00 e. The van der Waals surface area contributed by atoms with Crippen LogP contribution in [-0.4, -0.2) is 21.6 Å². The van der Waals surface area contributed by atoms with E-state index in [0.29, 0.717) is 12.8 Å². The SMILES string of the molecule is CC1(C)CC(=O)CC(C)(C)[N+]1=O.[Cl-]. The summed E-state index contributed by atoms with van der Waals surface area (Å²) in [5, 5.41) is 0. The van der Waals surface area contributed by atoms with Gasteiger partial charge in [-0.2, -0.15) is 0 Å². The fourth-order valence-corrected chi connectivity index (χ4v) is 1.99. The van der Waals surface area contributed by atoms with Gasteiger partial charge in [0.05, 0.1) is 12.8 Å². The van der Waals surface area contributed by atoms with Gasteiger partial charge < -0.3 is 12.4 Å². The molecule has 0 aromatic rings. The minimum absolute atomic E-state index is 0. The van der Waals surface area contributed by atoms with E-state index in [1.165, 1.54) is 0 Å². The van der Waals surface area contributed by atoms with Gasteiger partial charge in [-0.1, -0.05) is 0 Å². The summed E-state index contributed by atoms with van der Waals surface area (Å²) in [6.07, 6.45) is 0.750. The molecule has 1 aliphatic heterocycles. The van der Waals surface area contributed by atoms with Crippen LogP contribution in [0.3, 0.4) is 0 Å². The summed E-state index contributed by atoms with van der Waals surface area (Å²) in [5.74, 6) is 0.192. The van der Waals surface area contributed by atoms with Gasteiger partial charge in [-0.3, -0.25) is 4.79 Å². The number of nitrogens with zero attached hydrogens (tertiary/aromatic N) is 1. The second-order valence-corrected chi connectivity index (χ2v) is 4.81. The Morgan fingerprint density at radius 2 is 1.38 bits per heavy atom. The van der Waals surface area contributed by atoms with Crippen molar-refractivity contribution in [1.82, 2.24) is 0 Å². The van der Waals surface area contributed by atoms with Crippen LogP contribution in [0.2, 0.25) is 0 Å². The number of carbonyl (C=O) groups is 1. The zero-order valence-corrected chi connectivity index (χ0v) is 9.31. The number of ketones is 1. The molecule has 1 saturated heterocycles. The summed E-state index contributed by atoms with van der Waals surface area (Å²) in [7, 11) is 0. The van der Waals surface area contributed by atoms with E-state index in [-0.39, 0.29) is 18.2 Å². The fraction of sp³-hybridized carbons (Fsp3) is 0.889. The first-order valence-corrected chi connectivity index (χ1v) is 4.25. The molecule has 0 radical (unpaired) electrons. The van der Waals surface area contributed by atoms with Crippen molar-refractivity contribution in [1.29, 1.82) is 0 Å². The molecule has 13 heavy (non-hydrogen) atoms. The Kier molecular flexibility index (Phi) is 3.26. The molecule has 0 aromatic heterocycles. The normalized spacial score (nSPS) is 25.2. The number of hydrogen-bond acceptors (Lipinski definition) is 2. The van der Waals surface area contributed by atoms with Crippen LogP contribution in [0.5, 0.6) is 0 Å². The number of carbonyl (C=O) groups excluding carboxylic acids is 1. The molecule has 1 heterocycles. The van der Waals surface area contributed by atoms with Crippen molar-refractivity contribution >= 4 is 5.78 Å². The van der Waals surface area contributed by atoms with Gasteiger partial charge in [0.25, 0.3) is 0 Å². The average Bonchev–Trinajstić information content (AvgIpc) is 1.80. The molecule has 3 nitrogen and oxygen atoms in total. The molecular formula is C9H16ClNO2. The van der Waals surface area contributed by atoms with Gasteiger partial charge in [0.15, 0.2) is 0 Å². The van der Waals surface area contributed by atoms with Gasteiger partial charge >= 0.3 is 0 Å². The fourth-order valence-electron chi connectivity index (χ4n) is 1.99. The van der Waals surface area contributed by atoms with Gasteiger partial charge in [0, 0.05) is 37.4 Å². The highest BCUT2D eigenvalue weighted by atomic mass is 35.5. The van der Waals surface area contributed by atoms with E-state index in [9.17, 15) is 9.70 Å². The van der Waals surface area contributed by atoms with Crippen molar-refractivity contribution in [2.45, 2.75) is 51.6 Å². The minimum atomic E-state index is -0.529. The Labute approximate surface area is 84.9 Å². The highest BCUT2D eigenvalue weighted by Crippen LogP contribution is 2.31. The van der Waals surface area contributed by atoms with E-state index >= 15 is 0 Å². The zero-order valence-electron chi connectivity index (χ0n) is 8.56. The number of halogens is 1.